The Kier molecular flexibility index (Phi) is 5.87. The van der Waals surface area contributed by atoms with Gasteiger partial charge in [0.1, 0.15) is 0 Å². The van der Waals surface area contributed by atoms with Gasteiger partial charge in [-0.1, -0.05) is 67.4 Å². The molecule has 0 aliphatic heterocycles. The van der Waals surface area contributed by atoms with Crippen molar-refractivity contribution in [3.8, 4) is 11.1 Å². The van der Waals surface area contributed by atoms with Crippen LogP contribution in [0.25, 0.3) is 11.1 Å². The molecule has 0 amide bonds. The lowest BCUT2D eigenvalue weighted by atomic mass is 9.86. The molecule has 0 saturated heterocycles. The van der Waals surface area contributed by atoms with Crippen molar-refractivity contribution in [3.05, 3.63) is 60.2 Å². The summed E-state index contributed by atoms with van der Waals surface area (Å²) in [6, 6.07) is 19.0. The van der Waals surface area contributed by atoms with E-state index in [1.807, 2.05) is 13.0 Å². The predicted octanol–water partition coefficient (Wildman–Crippen LogP) is 4.57. The number of hydrogen-bond donors (Lipinski definition) is 1. The Balaban J connectivity index is 1.57. The molecule has 0 spiro atoms. The average molecular weight is 337 g/mol. The van der Waals surface area contributed by atoms with E-state index in [1.54, 1.807) is 0 Å². The van der Waals surface area contributed by atoms with Crippen molar-refractivity contribution in [2.75, 3.05) is 13.2 Å². The number of nitrogens with one attached hydrogen (secondary N) is 1. The van der Waals surface area contributed by atoms with E-state index < -0.39 is 0 Å². The summed E-state index contributed by atoms with van der Waals surface area (Å²) >= 11 is 0. The van der Waals surface area contributed by atoms with Crippen LogP contribution in [0.1, 0.15) is 38.2 Å². The maximum absolute atomic E-state index is 12.3. The van der Waals surface area contributed by atoms with E-state index in [1.165, 1.54) is 16.7 Å². The van der Waals surface area contributed by atoms with E-state index in [9.17, 15) is 4.79 Å². The minimum absolute atomic E-state index is 0.0283. The van der Waals surface area contributed by atoms with Gasteiger partial charge in [-0.3, -0.25) is 4.79 Å². The van der Waals surface area contributed by atoms with Gasteiger partial charge in [-0.2, -0.15) is 0 Å². The molecule has 1 aliphatic rings. The van der Waals surface area contributed by atoms with Crippen LogP contribution in [0, 0.1) is 5.41 Å². The largest absolute Gasteiger partial charge is 0.466 e. The fourth-order valence-corrected chi connectivity index (χ4v) is 3.68. The number of hydrogen-bond acceptors (Lipinski definition) is 3. The van der Waals surface area contributed by atoms with Crippen molar-refractivity contribution in [2.24, 2.45) is 5.41 Å². The standard InChI is InChI=1S/C22H27NO2/c1-2-25-21(24)22(14-6-7-15-22)17-23-16-18-10-12-20(13-11-18)19-8-4-3-5-9-19/h3-5,8-13,23H,2,6-7,14-17H2,1H3. The van der Waals surface area contributed by atoms with Gasteiger partial charge >= 0.3 is 5.97 Å². The highest BCUT2D eigenvalue weighted by atomic mass is 16.5. The average Bonchev–Trinajstić information content (AvgIpc) is 3.13. The first-order chi connectivity index (χ1) is 12.2. The molecule has 132 valence electrons. The fraction of sp³-hybridized carbons (Fsp3) is 0.409. The Morgan fingerprint density at radius 3 is 2.28 bits per heavy atom. The summed E-state index contributed by atoms with van der Waals surface area (Å²) < 4.78 is 5.32. The third-order valence-electron chi connectivity index (χ3n) is 5.12. The van der Waals surface area contributed by atoms with Crippen LogP contribution in [0.4, 0.5) is 0 Å². The molecular formula is C22H27NO2. The SMILES string of the molecule is CCOC(=O)C1(CNCc2ccc(-c3ccccc3)cc2)CCCC1. The number of carbonyl (C=O) groups is 1. The molecule has 0 heterocycles. The van der Waals surface area contributed by atoms with Crippen molar-refractivity contribution >= 4 is 5.97 Å². The minimum atomic E-state index is -0.319. The summed E-state index contributed by atoms with van der Waals surface area (Å²) in [6.07, 6.45) is 4.11. The molecule has 0 aromatic heterocycles. The number of esters is 1. The molecule has 2 aromatic rings. The van der Waals surface area contributed by atoms with Crippen molar-refractivity contribution in [1.82, 2.24) is 5.32 Å². The van der Waals surface area contributed by atoms with Gasteiger partial charge in [0.15, 0.2) is 0 Å². The summed E-state index contributed by atoms with van der Waals surface area (Å²) in [6.45, 7) is 3.81. The van der Waals surface area contributed by atoms with Gasteiger partial charge < -0.3 is 10.1 Å². The van der Waals surface area contributed by atoms with Crippen LogP contribution >= 0.6 is 0 Å². The highest BCUT2D eigenvalue weighted by molar-refractivity contribution is 5.77. The molecule has 1 saturated carbocycles. The number of benzene rings is 2. The smallest absolute Gasteiger partial charge is 0.313 e. The normalized spacial score (nSPS) is 15.9. The quantitative estimate of drug-likeness (QED) is 0.752. The van der Waals surface area contributed by atoms with E-state index in [-0.39, 0.29) is 11.4 Å². The van der Waals surface area contributed by atoms with E-state index >= 15 is 0 Å². The molecule has 0 bridgehead atoms. The Morgan fingerprint density at radius 1 is 1.00 bits per heavy atom. The summed E-state index contributed by atoms with van der Waals surface area (Å²) in [5, 5.41) is 3.48. The van der Waals surface area contributed by atoms with E-state index in [0.29, 0.717) is 13.2 Å². The molecule has 0 atom stereocenters. The van der Waals surface area contributed by atoms with Crippen LogP contribution in [0.15, 0.2) is 54.6 Å². The maximum Gasteiger partial charge on any atom is 0.313 e. The number of rotatable bonds is 7. The zero-order valence-electron chi connectivity index (χ0n) is 15.0. The Labute approximate surface area is 150 Å². The van der Waals surface area contributed by atoms with Crippen molar-refractivity contribution in [3.63, 3.8) is 0 Å². The molecule has 3 nitrogen and oxygen atoms in total. The van der Waals surface area contributed by atoms with Crippen LogP contribution in [0.2, 0.25) is 0 Å². The Bertz CT molecular complexity index is 673. The van der Waals surface area contributed by atoms with E-state index in [2.05, 4.69) is 53.8 Å². The lowest BCUT2D eigenvalue weighted by Gasteiger charge is -2.26. The topological polar surface area (TPSA) is 38.3 Å². The molecule has 25 heavy (non-hydrogen) atoms. The van der Waals surface area contributed by atoms with Crippen LogP contribution in [0.5, 0.6) is 0 Å². The van der Waals surface area contributed by atoms with E-state index in [4.69, 9.17) is 4.74 Å². The Hall–Kier alpha value is -2.13. The summed E-state index contributed by atoms with van der Waals surface area (Å²) in [5.41, 5.74) is 3.37. The molecule has 0 unspecified atom stereocenters. The highest BCUT2D eigenvalue weighted by Gasteiger charge is 2.41. The zero-order valence-corrected chi connectivity index (χ0v) is 15.0. The maximum atomic E-state index is 12.3. The second kappa shape index (κ2) is 8.30. The van der Waals surface area contributed by atoms with Gasteiger partial charge in [-0.05, 0) is 36.5 Å². The minimum Gasteiger partial charge on any atom is -0.466 e. The van der Waals surface area contributed by atoms with Crippen molar-refractivity contribution in [2.45, 2.75) is 39.2 Å². The van der Waals surface area contributed by atoms with Gasteiger partial charge in [0, 0.05) is 13.1 Å². The van der Waals surface area contributed by atoms with Crippen LogP contribution < -0.4 is 5.32 Å². The van der Waals surface area contributed by atoms with Gasteiger partial charge in [-0.15, -0.1) is 0 Å². The summed E-state index contributed by atoms with van der Waals surface area (Å²) in [4.78, 5) is 12.3. The summed E-state index contributed by atoms with van der Waals surface area (Å²) in [7, 11) is 0. The highest BCUT2D eigenvalue weighted by Crippen LogP contribution is 2.38. The molecule has 1 N–H and O–H groups in total. The number of ether oxygens (including phenoxy) is 1. The first-order valence-corrected chi connectivity index (χ1v) is 9.26. The van der Waals surface area contributed by atoms with Crippen LogP contribution in [-0.2, 0) is 16.1 Å². The van der Waals surface area contributed by atoms with Gasteiger partial charge in [0.25, 0.3) is 0 Å². The van der Waals surface area contributed by atoms with Crippen molar-refractivity contribution < 1.29 is 9.53 Å². The second-order valence-corrected chi connectivity index (χ2v) is 6.87. The molecular weight excluding hydrogens is 310 g/mol. The lowest BCUT2D eigenvalue weighted by Crippen LogP contribution is -2.40. The number of carbonyl (C=O) groups excluding carboxylic acids is 1. The van der Waals surface area contributed by atoms with E-state index in [0.717, 1.165) is 32.2 Å². The zero-order chi connectivity index (χ0) is 17.5. The lowest BCUT2D eigenvalue weighted by molar-refractivity contribution is -0.154. The second-order valence-electron chi connectivity index (χ2n) is 6.87. The monoisotopic (exact) mass is 337 g/mol. The fourth-order valence-electron chi connectivity index (χ4n) is 3.68. The summed E-state index contributed by atoms with van der Waals surface area (Å²) in [5.74, 6) is -0.0283. The molecule has 2 aromatic carbocycles. The molecule has 3 rings (SSSR count). The van der Waals surface area contributed by atoms with Gasteiger partial charge in [-0.25, -0.2) is 0 Å². The first-order valence-electron chi connectivity index (χ1n) is 9.26. The van der Waals surface area contributed by atoms with Gasteiger partial charge in [0.2, 0.25) is 0 Å². The third-order valence-corrected chi connectivity index (χ3v) is 5.12. The Morgan fingerprint density at radius 2 is 1.64 bits per heavy atom. The van der Waals surface area contributed by atoms with Crippen LogP contribution in [-0.4, -0.2) is 19.1 Å². The van der Waals surface area contributed by atoms with Crippen molar-refractivity contribution in [1.29, 1.82) is 0 Å². The van der Waals surface area contributed by atoms with Gasteiger partial charge in [0.05, 0.1) is 12.0 Å². The van der Waals surface area contributed by atoms with Crippen LogP contribution in [0.3, 0.4) is 0 Å². The molecule has 3 heteroatoms. The third kappa shape index (κ3) is 4.29. The first kappa shape index (κ1) is 17.7. The molecule has 0 radical (unpaired) electrons. The predicted molar refractivity (Wildman–Crippen MR) is 101 cm³/mol. The molecule has 1 fully saturated rings. The molecule has 1 aliphatic carbocycles.